The largest absolute Gasteiger partial charge is 0.493 e. The molecule has 1 aliphatic rings. The van der Waals surface area contributed by atoms with Crippen LogP contribution in [0.2, 0.25) is 0 Å². The van der Waals surface area contributed by atoms with Crippen LogP contribution in [0.15, 0.2) is 18.2 Å². The summed E-state index contributed by atoms with van der Waals surface area (Å²) in [5.74, 6) is -3.47. The van der Waals surface area contributed by atoms with Crippen LogP contribution >= 0.6 is 0 Å². The normalized spacial score (nSPS) is 21.7. The van der Waals surface area contributed by atoms with Gasteiger partial charge in [0.05, 0.1) is 20.3 Å². The third kappa shape index (κ3) is 9.58. The average Bonchev–Trinajstić information content (AvgIpc) is 2.89. The molecule has 1 heterocycles. The minimum absolute atomic E-state index is 0.00923. The van der Waals surface area contributed by atoms with E-state index < -0.39 is 67.1 Å². The van der Waals surface area contributed by atoms with Crippen LogP contribution in [0.25, 0.3) is 0 Å². The van der Waals surface area contributed by atoms with Gasteiger partial charge in [0.2, 0.25) is 12.4 Å². The molecular weight excluding hydrogens is 550 g/mol. The van der Waals surface area contributed by atoms with E-state index in [9.17, 15) is 34.2 Å². The smallest absolute Gasteiger partial charge is 0.303 e. The van der Waals surface area contributed by atoms with Crippen molar-refractivity contribution in [3.05, 3.63) is 23.8 Å². The first-order valence-electron chi connectivity index (χ1n) is 12.6. The number of ether oxygens (including phenoxy) is 7. The van der Waals surface area contributed by atoms with E-state index in [-0.39, 0.29) is 43.4 Å². The summed E-state index contributed by atoms with van der Waals surface area (Å²) in [4.78, 5) is 61.6. The molecule has 1 aromatic carbocycles. The lowest BCUT2D eigenvalue weighted by Crippen LogP contribution is -2.63. The maximum Gasteiger partial charge on any atom is 0.303 e. The second kappa shape index (κ2) is 15.7. The van der Waals surface area contributed by atoms with Gasteiger partial charge in [0.25, 0.3) is 5.91 Å². The maximum absolute atomic E-state index is 12.9. The third-order valence-electron chi connectivity index (χ3n) is 5.63. The molecule has 15 nitrogen and oxygen atoms in total. The highest BCUT2D eigenvalue weighted by Crippen LogP contribution is 2.35. The van der Waals surface area contributed by atoms with Gasteiger partial charge in [0.15, 0.2) is 23.7 Å². The first-order chi connectivity index (χ1) is 19.4. The third-order valence-corrected chi connectivity index (χ3v) is 5.63. The van der Waals surface area contributed by atoms with Crippen LogP contribution in [0.5, 0.6) is 11.5 Å². The number of esters is 4. The molecule has 15 heteroatoms. The topological polar surface area (TPSA) is 194 Å². The highest BCUT2D eigenvalue weighted by molar-refractivity contribution is 5.95. The quantitative estimate of drug-likeness (QED) is 0.224. The van der Waals surface area contributed by atoms with Crippen LogP contribution in [0.3, 0.4) is 0 Å². The van der Waals surface area contributed by atoms with Crippen LogP contribution in [-0.4, -0.2) is 116 Å². The SMILES string of the molecule is COc1cc(C(=O)N(CCO)CCO)ccc1O[C@@H]1O[C@@H](COC(C)=O)[C@H](OC(C)=O)[C@@H](OC(C)=O)[C@@H]1OC(C)=O. The van der Waals surface area contributed by atoms with Gasteiger partial charge in [-0.1, -0.05) is 0 Å². The molecule has 0 spiro atoms. The molecule has 2 rings (SSSR count). The highest BCUT2D eigenvalue weighted by atomic mass is 16.7. The van der Waals surface area contributed by atoms with Gasteiger partial charge in [0.1, 0.15) is 12.7 Å². The molecule has 41 heavy (non-hydrogen) atoms. The Bertz CT molecular complexity index is 1090. The van der Waals surface area contributed by atoms with Crippen molar-refractivity contribution in [3.8, 4) is 11.5 Å². The summed E-state index contributed by atoms with van der Waals surface area (Å²) >= 11 is 0. The number of amides is 1. The van der Waals surface area contributed by atoms with E-state index in [1.54, 1.807) is 0 Å². The van der Waals surface area contributed by atoms with Gasteiger partial charge in [-0.2, -0.15) is 0 Å². The molecule has 0 saturated carbocycles. The van der Waals surface area contributed by atoms with Crippen LogP contribution in [-0.2, 0) is 42.9 Å². The van der Waals surface area contributed by atoms with Crippen molar-refractivity contribution in [3.63, 3.8) is 0 Å². The van der Waals surface area contributed by atoms with E-state index in [4.69, 9.17) is 33.2 Å². The molecule has 0 bridgehead atoms. The molecule has 1 fully saturated rings. The van der Waals surface area contributed by atoms with Gasteiger partial charge < -0.3 is 48.3 Å². The number of hydrogen-bond donors (Lipinski definition) is 2. The maximum atomic E-state index is 12.9. The second-order valence-corrected chi connectivity index (χ2v) is 8.79. The van der Waals surface area contributed by atoms with Gasteiger partial charge in [-0.05, 0) is 18.2 Å². The first kappa shape index (κ1) is 33.3. The number of aliphatic hydroxyl groups is 2. The summed E-state index contributed by atoms with van der Waals surface area (Å²) < 4.78 is 38.4. The Morgan fingerprint density at radius 2 is 1.37 bits per heavy atom. The molecule has 0 unspecified atom stereocenters. The molecule has 0 radical (unpaired) electrons. The molecule has 1 aromatic rings. The molecule has 1 saturated heterocycles. The van der Waals surface area contributed by atoms with Crippen molar-refractivity contribution < 1.29 is 67.3 Å². The number of benzene rings is 1. The monoisotopic (exact) mass is 585 g/mol. The number of hydrogen-bond acceptors (Lipinski definition) is 14. The Hall–Kier alpha value is -3.95. The highest BCUT2D eigenvalue weighted by Gasteiger charge is 2.53. The van der Waals surface area contributed by atoms with Gasteiger partial charge in [-0.25, -0.2) is 0 Å². The average molecular weight is 586 g/mol. The fraction of sp³-hybridized carbons (Fsp3) is 0.577. The fourth-order valence-electron chi connectivity index (χ4n) is 4.05. The Morgan fingerprint density at radius 3 is 1.88 bits per heavy atom. The second-order valence-electron chi connectivity index (χ2n) is 8.79. The molecule has 1 amide bonds. The summed E-state index contributed by atoms with van der Waals surface area (Å²) in [6.07, 6.45) is -6.99. The lowest BCUT2D eigenvalue weighted by molar-refractivity contribution is -0.288. The van der Waals surface area contributed by atoms with Gasteiger partial charge in [-0.3, -0.25) is 24.0 Å². The van der Waals surface area contributed by atoms with Crippen molar-refractivity contribution in [1.29, 1.82) is 0 Å². The van der Waals surface area contributed by atoms with Crippen molar-refractivity contribution in [2.45, 2.75) is 58.4 Å². The van der Waals surface area contributed by atoms with Crippen molar-refractivity contribution in [1.82, 2.24) is 4.90 Å². The van der Waals surface area contributed by atoms with Gasteiger partial charge in [-0.15, -0.1) is 0 Å². The molecule has 1 aliphatic heterocycles. The predicted octanol–water partition coefficient (Wildman–Crippen LogP) is -0.416. The van der Waals surface area contributed by atoms with Crippen LogP contribution < -0.4 is 9.47 Å². The predicted molar refractivity (Wildman–Crippen MR) is 136 cm³/mol. The Kier molecular flexibility index (Phi) is 12.8. The van der Waals surface area contributed by atoms with E-state index >= 15 is 0 Å². The Balaban J connectivity index is 2.50. The fourth-order valence-corrected chi connectivity index (χ4v) is 4.05. The molecule has 228 valence electrons. The molecular formula is C26H35NO14. The zero-order chi connectivity index (χ0) is 30.7. The van der Waals surface area contributed by atoms with Crippen LogP contribution in [0, 0.1) is 0 Å². The molecule has 2 N–H and O–H groups in total. The van der Waals surface area contributed by atoms with Crippen LogP contribution in [0.4, 0.5) is 0 Å². The lowest BCUT2D eigenvalue weighted by atomic mass is 9.98. The Labute approximate surface area is 236 Å². The van der Waals surface area contributed by atoms with Crippen molar-refractivity contribution in [2.75, 3.05) is 40.0 Å². The zero-order valence-corrected chi connectivity index (χ0v) is 23.4. The minimum Gasteiger partial charge on any atom is -0.493 e. The number of carbonyl (C=O) groups excluding carboxylic acids is 5. The number of methoxy groups -OCH3 is 1. The summed E-state index contributed by atoms with van der Waals surface area (Å²) in [7, 11) is 1.31. The van der Waals surface area contributed by atoms with Crippen molar-refractivity contribution in [2.24, 2.45) is 0 Å². The van der Waals surface area contributed by atoms with E-state index in [2.05, 4.69) is 0 Å². The molecule has 0 aliphatic carbocycles. The van der Waals surface area contributed by atoms with E-state index in [0.29, 0.717) is 0 Å². The van der Waals surface area contributed by atoms with Crippen molar-refractivity contribution >= 4 is 29.8 Å². The lowest BCUT2D eigenvalue weighted by Gasteiger charge is -2.44. The van der Waals surface area contributed by atoms with E-state index in [1.807, 2.05) is 0 Å². The number of rotatable bonds is 13. The van der Waals surface area contributed by atoms with E-state index in [0.717, 1.165) is 27.7 Å². The van der Waals surface area contributed by atoms with Gasteiger partial charge >= 0.3 is 23.9 Å². The molecule has 5 atom stereocenters. The minimum atomic E-state index is -1.51. The summed E-state index contributed by atoms with van der Waals surface area (Å²) in [5.41, 5.74) is 0.151. The molecule has 0 aromatic heterocycles. The first-order valence-corrected chi connectivity index (χ1v) is 12.6. The summed E-state index contributed by atoms with van der Waals surface area (Å²) in [5, 5.41) is 18.5. The van der Waals surface area contributed by atoms with Crippen LogP contribution in [0.1, 0.15) is 38.1 Å². The zero-order valence-electron chi connectivity index (χ0n) is 23.4. The standard InChI is InChI=1S/C26H35NO14/c1-14(30)36-13-21-22(37-15(2)31)23(38-16(3)32)24(39-17(4)33)26(41-21)40-19-7-6-18(12-20(19)35-5)25(34)27(8-10-28)9-11-29/h6-7,12,21-24,26,28-29H,8-11,13H2,1-5H3/t21-,22-,23+,24-,26+/m0/s1. The summed E-state index contributed by atoms with van der Waals surface area (Å²) in [6.45, 7) is 3.37. The van der Waals surface area contributed by atoms with E-state index in [1.165, 1.54) is 30.2 Å². The number of aliphatic hydroxyl groups excluding tert-OH is 2. The number of nitrogens with zero attached hydrogens (tertiary/aromatic N) is 1. The summed E-state index contributed by atoms with van der Waals surface area (Å²) in [6, 6.07) is 4.12. The van der Waals surface area contributed by atoms with Gasteiger partial charge in [0, 0.05) is 46.3 Å². The number of carbonyl (C=O) groups is 5. The Morgan fingerprint density at radius 1 is 0.805 bits per heavy atom.